The van der Waals surface area contributed by atoms with E-state index >= 15 is 0 Å². The Kier molecular flexibility index (Phi) is 3.71. The summed E-state index contributed by atoms with van der Waals surface area (Å²) in [6.07, 6.45) is 0. The van der Waals surface area contributed by atoms with Crippen molar-refractivity contribution < 1.29 is 14.3 Å². The fourth-order valence-electron chi connectivity index (χ4n) is 3.06. The molecule has 1 fully saturated rings. The van der Waals surface area contributed by atoms with Crippen LogP contribution < -0.4 is 9.47 Å². The molecule has 2 atom stereocenters. The lowest BCUT2D eigenvalue weighted by atomic mass is 10.1. The summed E-state index contributed by atoms with van der Waals surface area (Å²) < 4.78 is 10.6. The molecule has 0 spiro atoms. The third-order valence-electron chi connectivity index (χ3n) is 4.20. The van der Waals surface area contributed by atoms with Crippen LogP contribution in [0.1, 0.15) is 17.3 Å². The number of carbonyl (C=O) groups excluding carboxylic acids is 1. The number of likely N-dealkylation sites (N-methyl/N-ethyl adjacent to an activating group) is 1. The van der Waals surface area contributed by atoms with Crippen LogP contribution in [0, 0.1) is 5.92 Å². The third kappa shape index (κ3) is 2.56. The van der Waals surface area contributed by atoms with E-state index in [1.807, 2.05) is 19.0 Å². The quantitative estimate of drug-likeness (QED) is 0.839. The molecule has 0 aromatic heterocycles. The van der Waals surface area contributed by atoms with Gasteiger partial charge in [-0.05, 0) is 32.1 Å². The number of carbonyl (C=O) groups is 1. The van der Waals surface area contributed by atoms with E-state index in [2.05, 4.69) is 11.8 Å². The maximum atomic E-state index is 12.7. The second-order valence-electron chi connectivity index (χ2n) is 5.91. The second-order valence-corrected chi connectivity index (χ2v) is 6.32. The van der Waals surface area contributed by atoms with Crippen LogP contribution in [0.3, 0.4) is 0 Å². The van der Waals surface area contributed by atoms with E-state index in [0.29, 0.717) is 34.0 Å². The van der Waals surface area contributed by atoms with Crippen LogP contribution in [0.4, 0.5) is 0 Å². The second kappa shape index (κ2) is 5.39. The standard InChI is InChI=1S/C15H19ClN2O3/c1-9-6-18(7-12(9)17(2)3)15(19)10-4-11(16)14-13(5-10)20-8-21-14/h4-5,9,12H,6-8H2,1-3H3/t9-,12+/m0/s1. The van der Waals surface area contributed by atoms with Gasteiger partial charge in [-0.3, -0.25) is 4.79 Å². The largest absolute Gasteiger partial charge is 0.454 e. The Morgan fingerprint density at radius 1 is 1.33 bits per heavy atom. The van der Waals surface area contributed by atoms with Crippen LogP contribution in [0.15, 0.2) is 12.1 Å². The highest BCUT2D eigenvalue weighted by Crippen LogP contribution is 2.40. The molecule has 1 aromatic rings. The van der Waals surface area contributed by atoms with Gasteiger partial charge in [0.05, 0.1) is 5.02 Å². The summed E-state index contributed by atoms with van der Waals surface area (Å²) in [6, 6.07) is 3.76. The van der Waals surface area contributed by atoms with Crippen molar-refractivity contribution in [1.82, 2.24) is 9.80 Å². The minimum Gasteiger partial charge on any atom is -0.454 e. The lowest BCUT2D eigenvalue weighted by molar-refractivity contribution is 0.0781. The minimum atomic E-state index is -0.00796. The molecule has 0 N–H and O–H groups in total. The Balaban J connectivity index is 1.82. The summed E-state index contributed by atoms with van der Waals surface area (Å²) in [7, 11) is 4.10. The zero-order chi connectivity index (χ0) is 15.1. The van der Waals surface area contributed by atoms with E-state index in [4.69, 9.17) is 21.1 Å². The Labute approximate surface area is 129 Å². The SMILES string of the molecule is C[C@H]1CN(C(=O)c2cc(Cl)c3c(c2)OCO3)C[C@H]1N(C)C. The molecule has 0 bridgehead atoms. The summed E-state index contributed by atoms with van der Waals surface area (Å²) in [6.45, 7) is 3.81. The van der Waals surface area contributed by atoms with Gasteiger partial charge in [0.1, 0.15) is 0 Å². The molecule has 2 heterocycles. The van der Waals surface area contributed by atoms with E-state index in [-0.39, 0.29) is 12.7 Å². The summed E-state index contributed by atoms with van der Waals surface area (Å²) in [5, 5.41) is 0.421. The maximum Gasteiger partial charge on any atom is 0.254 e. The minimum absolute atomic E-state index is 0.00796. The molecule has 2 aliphatic heterocycles. The van der Waals surface area contributed by atoms with Gasteiger partial charge in [-0.1, -0.05) is 18.5 Å². The smallest absolute Gasteiger partial charge is 0.254 e. The zero-order valence-electron chi connectivity index (χ0n) is 12.4. The number of halogens is 1. The molecule has 2 aliphatic rings. The fourth-order valence-corrected chi connectivity index (χ4v) is 3.33. The van der Waals surface area contributed by atoms with Crippen LogP contribution in [-0.2, 0) is 0 Å². The van der Waals surface area contributed by atoms with E-state index in [0.717, 1.165) is 13.1 Å². The van der Waals surface area contributed by atoms with E-state index in [1.54, 1.807) is 12.1 Å². The summed E-state index contributed by atoms with van der Waals surface area (Å²) in [5.41, 5.74) is 0.552. The number of likely N-dealkylation sites (tertiary alicyclic amines) is 1. The number of hydrogen-bond acceptors (Lipinski definition) is 4. The van der Waals surface area contributed by atoms with Crippen molar-refractivity contribution in [3.63, 3.8) is 0 Å². The molecular weight excluding hydrogens is 292 g/mol. The van der Waals surface area contributed by atoms with Gasteiger partial charge in [0.25, 0.3) is 5.91 Å². The molecule has 6 heteroatoms. The van der Waals surface area contributed by atoms with Gasteiger partial charge in [0.2, 0.25) is 6.79 Å². The van der Waals surface area contributed by atoms with E-state index < -0.39 is 0 Å². The van der Waals surface area contributed by atoms with Crippen molar-refractivity contribution in [2.45, 2.75) is 13.0 Å². The topological polar surface area (TPSA) is 42.0 Å². The van der Waals surface area contributed by atoms with E-state index in [9.17, 15) is 4.79 Å². The van der Waals surface area contributed by atoms with Gasteiger partial charge < -0.3 is 19.3 Å². The number of nitrogens with zero attached hydrogens (tertiary/aromatic N) is 2. The Morgan fingerprint density at radius 3 is 2.76 bits per heavy atom. The number of ether oxygens (including phenoxy) is 2. The molecule has 1 saturated heterocycles. The molecule has 0 saturated carbocycles. The number of benzene rings is 1. The Hall–Kier alpha value is -1.46. The summed E-state index contributed by atoms with van der Waals surface area (Å²) in [4.78, 5) is 16.7. The first kappa shape index (κ1) is 14.5. The van der Waals surface area contributed by atoms with Gasteiger partial charge >= 0.3 is 0 Å². The van der Waals surface area contributed by atoms with Crippen LogP contribution >= 0.6 is 11.6 Å². The first-order valence-corrected chi connectivity index (χ1v) is 7.40. The molecule has 114 valence electrons. The molecule has 1 aromatic carbocycles. The fraction of sp³-hybridized carbons (Fsp3) is 0.533. The Morgan fingerprint density at radius 2 is 2.10 bits per heavy atom. The predicted octanol–water partition coefficient (Wildman–Crippen LogP) is 2.09. The highest BCUT2D eigenvalue weighted by atomic mass is 35.5. The maximum absolute atomic E-state index is 12.7. The first-order chi connectivity index (χ1) is 9.97. The third-order valence-corrected chi connectivity index (χ3v) is 4.48. The molecule has 5 nitrogen and oxygen atoms in total. The molecule has 21 heavy (non-hydrogen) atoms. The highest BCUT2D eigenvalue weighted by Gasteiger charge is 2.34. The average Bonchev–Trinajstić information content (AvgIpc) is 3.04. The summed E-state index contributed by atoms with van der Waals surface area (Å²) in [5.74, 6) is 1.51. The normalized spacial score (nSPS) is 24.0. The lowest BCUT2D eigenvalue weighted by Gasteiger charge is -2.22. The molecule has 3 rings (SSSR count). The van der Waals surface area contributed by atoms with Crippen LogP contribution in [-0.4, -0.2) is 55.7 Å². The van der Waals surface area contributed by atoms with Crippen molar-refractivity contribution in [1.29, 1.82) is 0 Å². The average molecular weight is 311 g/mol. The molecule has 0 radical (unpaired) electrons. The molecular formula is C15H19ClN2O3. The van der Waals surface area contributed by atoms with Crippen molar-refractivity contribution in [2.75, 3.05) is 34.0 Å². The van der Waals surface area contributed by atoms with E-state index in [1.165, 1.54) is 0 Å². The van der Waals surface area contributed by atoms with Gasteiger partial charge in [-0.25, -0.2) is 0 Å². The van der Waals surface area contributed by atoms with Crippen LogP contribution in [0.25, 0.3) is 0 Å². The Bertz CT molecular complexity index is 576. The van der Waals surface area contributed by atoms with Crippen molar-refractivity contribution in [2.24, 2.45) is 5.92 Å². The number of amides is 1. The number of rotatable bonds is 2. The van der Waals surface area contributed by atoms with Crippen molar-refractivity contribution in [3.05, 3.63) is 22.7 Å². The summed E-state index contributed by atoms with van der Waals surface area (Å²) >= 11 is 6.15. The van der Waals surface area contributed by atoms with Crippen LogP contribution in [0.2, 0.25) is 5.02 Å². The molecule has 0 aliphatic carbocycles. The van der Waals surface area contributed by atoms with Crippen molar-refractivity contribution in [3.8, 4) is 11.5 Å². The van der Waals surface area contributed by atoms with Gasteiger partial charge in [0, 0.05) is 24.7 Å². The molecule has 1 amide bonds. The predicted molar refractivity (Wildman–Crippen MR) is 80.1 cm³/mol. The van der Waals surface area contributed by atoms with Gasteiger partial charge in [0.15, 0.2) is 11.5 Å². The van der Waals surface area contributed by atoms with Crippen LogP contribution in [0.5, 0.6) is 11.5 Å². The zero-order valence-corrected chi connectivity index (χ0v) is 13.2. The van der Waals surface area contributed by atoms with Crippen molar-refractivity contribution >= 4 is 17.5 Å². The first-order valence-electron chi connectivity index (χ1n) is 7.02. The number of fused-ring (bicyclic) bond motifs is 1. The molecule has 0 unspecified atom stereocenters. The lowest BCUT2D eigenvalue weighted by Crippen LogP contribution is -2.35. The van der Waals surface area contributed by atoms with Gasteiger partial charge in [-0.15, -0.1) is 0 Å². The monoisotopic (exact) mass is 310 g/mol. The number of hydrogen-bond donors (Lipinski definition) is 0. The van der Waals surface area contributed by atoms with Gasteiger partial charge in [-0.2, -0.15) is 0 Å². The highest BCUT2D eigenvalue weighted by molar-refractivity contribution is 6.32.